The predicted octanol–water partition coefficient (Wildman–Crippen LogP) is 2.53. The van der Waals surface area contributed by atoms with Gasteiger partial charge < -0.3 is 14.8 Å². The minimum Gasteiger partial charge on any atom is -0.353 e. The van der Waals surface area contributed by atoms with Crippen molar-refractivity contribution in [1.29, 1.82) is 0 Å². The summed E-state index contributed by atoms with van der Waals surface area (Å²) in [5.74, 6) is 1.05. The van der Waals surface area contributed by atoms with Gasteiger partial charge in [0.25, 0.3) is 5.91 Å². The molecule has 5 nitrogen and oxygen atoms in total. The number of piperazine rings is 1. The summed E-state index contributed by atoms with van der Waals surface area (Å²) in [6.07, 6.45) is 1.80. The van der Waals surface area contributed by atoms with E-state index >= 15 is 0 Å². The quantitative estimate of drug-likeness (QED) is 0.791. The normalized spacial score (nSPS) is 15.1. The highest BCUT2D eigenvalue weighted by Gasteiger charge is 2.23. The molecule has 1 amide bonds. The molecule has 0 aliphatic carbocycles. The van der Waals surface area contributed by atoms with E-state index in [0.29, 0.717) is 18.8 Å². The van der Waals surface area contributed by atoms with Crippen LogP contribution in [0.3, 0.4) is 0 Å². The zero-order valence-electron chi connectivity index (χ0n) is 12.8. The van der Waals surface area contributed by atoms with E-state index in [9.17, 15) is 4.79 Å². The second kappa shape index (κ2) is 5.76. The number of carbonyl (C=O) groups is 1. The third-order valence-electron chi connectivity index (χ3n) is 4.30. The van der Waals surface area contributed by atoms with Gasteiger partial charge in [-0.3, -0.25) is 4.79 Å². The molecule has 1 aromatic carbocycles. The van der Waals surface area contributed by atoms with Crippen LogP contribution in [0, 0.1) is 0 Å². The number of carbonyl (C=O) groups excluding carboxylic acids is 1. The number of benzene rings is 1. The molecule has 0 spiro atoms. The van der Waals surface area contributed by atoms with Crippen molar-refractivity contribution in [3.8, 4) is 0 Å². The smallest absolute Gasteiger partial charge is 0.270 e. The average Bonchev–Trinajstić information content (AvgIpc) is 3.06. The summed E-state index contributed by atoms with van der Waals surface area (Å²) in [6, 6.07) is 15.8. The molecule has 0 radical (unpaired) electrons. The highest BCUT2D eigenvalue weighted by molar-refractivity contribution is 5.98. The van der Waals surface area contributed by atoms with E-state index in [2.05, 4.69) is 14.9 Å². The number of fused-ring (bicyclic) bond motifs is 1. The Morgan fingerprint density at radius 1 is 1.00 bits per heavy atom. The molecule has 3 heterocycles. The van der Waals surface area contributed by atoms with Crippen molar-refractivity contribution in [1.82, 2.24) is 14.9 Å². The second-order valence-corrected chi connectivity index (χ2v) is 5.74. The second-order valence-electron chi connectivity index (χ2n) is 5.74. The number of amides is 1. The lowest BCUT2D eigenvalue weighted by molar-refractivity contribution is 0.0741. The minimum atomic E-state index is 0.0712. The van der Waals surface area contributed by atoms with Crippen LogP contribution in [0.4, 0.5) is 5.82 Å². The lowest BCUT2D eigenvalue weighted by Gasteiger charge is -2.35. The summed E-state index contributed by atoms with van der Waals surface area (Å²) in [7, 11) is 0. The van der Waals surface area contributed by atoms with E-state index in [4.69, 9.17) is 0 Å². The number of hydrogen-bond acceptors (Lipinski definition) is 3. The lowest BCUT2D eigenvalue weighted by atomic mass is 10.2. The highest BCUT2D eigenvalue weighted by atomic mass is 16.2. The van der Waals surface area contributed by atoms with Crippen LogP contribution < -0.4 is 4.90 Å². The molecule has 0 bridgehead atoms. The summed E-state index contributed by atoms with van der Waals surface area (Å²) in [4.78, 5) is 24.4. The van der Waals surface area contributed by atoms with Gasteiger partial charge >= 0.3 is 0 Å². The van der Waals surface area contributed by atoms with Crippen molar-refractivity contribution in [2.45, 2.75) is 0 Å². The zero-order chi connectivity index (χ0) is 15.6. The van der Waals surface area contributed by atoms with E-state index in [1.807, 2.05) is 53.4 Å². The Labute approximate surface area is 134 Å². The van der Waals surface area contributed by atoms with Gasteiger partial charge in [0.15, 0.2) is 0 Å². The monoisotopic (exact) mass is 306 g/mol. The molecule has 116 valence electrons. The molecular formula is C18H18N4O. The fourth-order valence-corrected chi connectivity index (χ4v) is 3.04. The molecule has 23 heavy (non-hydrogen) atoms. The van der Waals surface area contributed by atoms with E-state index < -0.39 is 0 Å². The number of rotatable bonds is 2. The van der Waals surface area contributed by atoms with E-state index in [-0.39, 0.29) is 5.91 Å². The minimum absolute atomic E-state index is 0.0712. The third kappa shape index (κ3) is 2.65. The molecular weight excluding hydrogens is 288 g/mol. The molecule has 4 rings (SSSR count). The summed E-state index contributed by atoms with van der Waals surface area (Å²) in [5.41, 5.74) is 1.67. The first kappa shape index (κ1) is 13.8. The van der Waals surface area contributed by atoms with Gasteiger partial charge in [0, 0.05) is 43.3 Å². The van der Waals surface area contributed by atoms with Gasteiger partial charge in [-0.2, -0.15) is 0 Å². The van der Waals surface area contributed by atoms with Crippen molar-refractivity contribution in [2.75, 3.05) is 31.1 Å². The van der Waals surface area contributed by atoms with Gasteiger partial charge in [-0.1, -0.05) is 24.3 Å². The SMILES string of the molecule is O=C(c1cc2ccccc2[nH]1)N1CCN(c2ccccn2)CC1. The number of aromatic amines is 1. The molecule has 1 aliphatic rings. The van der Waals surface area contributed by atoms with Gasteiger partial charge in [-0.25, -0.2) is 4.98 Å². The predicted molar refractivity (Wildman–Crippen MR) is 90.7 cm³/mol. The summed E-state index contributed by atoms with van der Waals surface area (Å²) >= 11 is 0. The highest BCUT2D eigenvalue weighted by Crippen LogP contribution is 2.18. The van der Waals surface area contributed by atoms with Crippen LogP contribution in [-0.4, -0.2) is 47.0 Å². The molecule has 2 aromatic heterocycles. The van der Waals surface area contributed by atoms with E-state index in [1.54, 1.807) is 6.20 Å². The first-order valence-electron chi connectivity index (χ1n) is 7.84. The summed E-state index contributed by atoms with van der Waals surface area (Å²) < 4.78 is 0. The number of anilines is 1. The Balaban J connectivity index is 1.46. The van der Waals surface area contributed by atoms with E-state index in [1.165, 1.54) is 0 Å². The number of H-pyrrole nitrogens is 1. The van der Waals surface area contributed by atoms with Gasteiger partial charge in [-0.15, -0.1) is 0 Å². The van der Waals surface area contributed by atoms with Crippen molar-refractivity contribution in [2.24, 2.45) is 0 Å². The molecule has 0 saturated carbocycles. The van der Waals surface area contributed by atoms with Crippen LogP contribution >= 0.6 is 0 Å². The molecule has 1 fully saturated rings. The molecule has 0 unspecified atom stereocenters. The van der Waals surface area contributed by atoms with Crippen LogP contribution in [0.15, 0.2) is 54.7 Å². The Kier molecular flexibility index (Phi) is 3.46. The maximum absolute atomic E-state index is 12.7. The standard InChI is InChI=1S/C18H18N4O/c23-18(16-13-14-5-1-2-6-15(14)20-16)22-11-9-21(10-12-22)17-7-3-4-8-19-17/h1-8,13,20H,9-12H2. The van der Waals surface area contributed by atoms with Crippen molar-refractivity contribution in [3.63, 3.8) is 0 Å². The number of nitrogens with one attached hydrogen (secondary N) is 1. The first-order valence-corrected chi connectivity index (χ1v) is 7.84. The Bertz CT molecular complexity index is 786. The lowest BCUT2D eigenvalue weighted by Crippen LogP contribution is -2.49. The van der Waals surface area contributed by atoms with Crippen molar-refractivity contribution < 1.29 is 4.79 Å². The molecule has 0 atom stereocenters. The summed E-state index contributed by atoms with van der Waals surface area (Å²) in [6.45, 7) is 3.04. The van der Waals surface area contributed by atoms with Crippen LogP contribution in [0.1, 0.15) is 10.5 Å². The molecule has 1 N–H and O–H groups in total. The number of pyridine rings is 1. The van der Waals surface area contributed by atoms with Crippen molar-refractivity contribution in [3.05, 3.63) is 60.4 Å². The van der Waals surface area contributed by atoms with Gasteiger partial charge in [0.2, 0.25) is 0 Å². The van der Waals surface area contributed by atoms with Gasteiger partial charge in [0.05, 0.1) is 0 Å². The molecule has 3 aromatic rings. The largest absolute Gasteiger partial charge is 0.353 e. The number of nitrogens with zero attached hydrogens (tertiary/aromatic N) is 3. The van der Waals surface area contributed by atoms with Gasteiger partial charge in [-0.05, 0) is 24.3 Å². The maximum Gasteiger partial charge on any atom is 0.270 e. The van der Waals surface area contributed by atoms with Crippen LogP contribution in [0.25, 0.3) is 10.9 Å². The van der Waals surface area contributed by atoms with Crippen LogP contribution in [0.2, 0.25) is 0 Å². The van der Waals surface area contributed by atoms with E-state index in [0.717, 1.165) is 29.8 Å². The van der Waals surface area contributed by atoms with Crippen LogP contribution in [0.5, 0.6) is 0 Å². The Morgan fingerprint density at radius 3 is 2.52 bits per heavy atom. The zero-order valence-corrected chi connectivity index (χ0v) is 12.8. The van der Waals surface area contributed by atoms with Gasteiger partial charge in [0.1, 0.15) is 11.5 Å². The fraction of sp³-hybridized carbons (Fsp3) is 0.222. The number of aromatic nitrogens is 2. The summed E-state index contributed by atoms with van der Waals surface area (Å²) in [5, 5.41) is 1.07. The number of para-hydroxylation sites is 1. The third-order valence-corrected chi connectivity index (χ3v) is 4.30. The average molecular weight is 306 g/mol. The maximum atomic E-state index is 12.7. The molecule has 1 saturated heterocycles. The van der Waals surface area contributed by atoms with Crippen LogP contribution in [-0.2, 0) is 0 Å². The topological polar surface area (TPSA) is 52.2 Å². The molecule has 1 aliphatic heterocycles. The Hall–Kier alpha value is -2.82. The van der Waals surface area contributed by atoms with Crippen molar-refractivity contribution >= 4 is 22.6 Å². The number of hydrogen-bond donors (Lipinski definition) is 1. The Morgan fingerprint density at radius 2 is 1.78 bits per heavy atom. The fourth-order valence-electron chi connectivity index (χ4n) is 3.04. The first-order chi connectivity index (χ1) is 11.3. The molecule has 5 heteroatoms.